The molecule has 0 amide bonds. The predicted molar refractivity (Wildman–Crippen MR) is 83.1 cm³/mol. The molecule has 1 aliphatic rings. The van der Waals surface area contributed by atoms with Crippen LogP contribution in [0, 0.1) is 12.8 Å². The number of hydrogen-bond donors (Lipinski definition) is 1. The first-order chi connectivity index (χ1) is 9.70. The standard InChI is InChI=1S/C18H28O2/c1-3-20-18-11-10-14(2)12-16(18)17(19)13-15-8-6-4-5-7-9-15/h10-12,15,17,19H,3-9,13H2,1-2H3. The van der Waals surface area contributed by atoms with Crippen LogP contribution in [0.15, 0.2) is 18.2 Å². The first-order valence-electron chi connectivity index (χ1n) is 8.12. The molecule has 0 bridgehead atoms. The van der Waals surface area contributed by atoms with Crippen LogP contribution in [0.25, 0.3) is 0 Å². The van der Waals surface area contributed by atoms with E-state index >= 15 is 0 Å². The smallest absolute Gasteiger partial charge is 0.125 e. The largest absolute Gasteiger partial charge is 0.493 e. The number of rotatable bonds is 5. The number of aryl methyl sites for hydroxylation is 1. The Bertz CT molecular complexity index is 406. The van der Waals surface area contributed by atoms with E-state index in [2.05, 4.69) is 13.0 Å². The first kappa shape index (κ1) is 15.4. The molecule has 0 heterocycles. The maximum Gasteiger partial charge on any atom is 0.125 e. The van der Waals surface area contributed by atoms with Gasteiger partial charge < -0.3 is 9.84 Å². The van der Waals surface area contributed by atoms with Crippen LogP contribution in [0.1, 0.15) is 69.1 Å². The summed E-state index contributed by atoms with van der Waals surface area (Å²) < 4.78 is 5.67. The van der Waals surface area contributed by atoms with E-state index in [1.54, 1.807) is 0 Å². The second-order valence-corrected chi connectivity index (χ2v) is 6.08. The molecule has 0 radical (unpaired) electrons. The third-order valence-electron chi connectivity index (χ3n) is 4.36. The predicted octanol–water partition coefficient (Wildman–Crippen LogP) is 4.79. The zero-order valence-corrected chi connectivity index (χ0v) is 12.9. The molecule has 2 heteroatoms. The van der Waals surface area contributed by atoms with Crippen molar-refractivity contribution in [2.75, 3.05) is 6.61 Å². The molecule has 1 aliphatic carbocycles. The minimum Gasteiger partial charge on any atom is -0.493 e. The lowest BCUT2D eigenvalue weighted by molar-refractivity contribution is 0.134. The summed E-state index contributed by atoms with van der Waals surface area (Å²) in [6, 6.07) is 6.11. The fraction of sp³-hybridized carbons (Fsp3) is 0.667. The molecular formula is C18H28O2. The van der Waals surface area contributed by atoms with Crippen LogP contribution in [0.5, 0.6) is 5.75 Å². The average molecular weight is 276 g/mol. The van der Waals surface area contributed by atoms with Gasteiger partial charge >= 0.3 is 0 Å². The Balaban J connectivity index is 2.06. The summed E-state index contributed by atoms with van der Waals surface area (Å²) in [5.74, 6) is 1.52. The molecule has 1 aromatic carbocycles. The van der Waals surface area contributed by atoms with Crippen molar-refractivity contribution in [1.82, 2.24) is 0 Å². The Morgan fingerprint density at radius 2 is 1.90 bits per heavy atom. The van der Waals surface area contributed by atoms with Gasteiger partial charge in [0.05, 0.1) is 12.7 Å². The van der Waals surface area contributed by atoms with Crippen molar-refractivity contribution >= 4 is 0 Å². The molecule has 1 saturated carbocycles. The highest BCUT2D eigenvalue weighted by Crippen LogP contribution is 2.34. The molecule has 1 N–H and O–H groups in total. The minimum absolute atomic E-state index is 0.389. The number of ether oxygens (including phenoxy) is 1. The Morgan fingerprint density at radius 1 is 1.20 bits per heavy atom. The van der Waals surface area contributed by atoms with E-state index in [4.69, 9.17) is 4.74 Å². The van der Waals surface area contributed by atoms with Crippen LogP contribution in [0.4, 0.5) is 0 Å². The minimum atomic E-state index is -0.389. The molecule has 1 aromatic rings. The van der Waals surface area contributed by atoms with E-state index in [9.17, 15) is 5.11 Å². The highest BCUT2D eigenvalue weighted by molar-refractivity contribution is 5.38. The van der Waals surface area contributed by atoms with E-state index in [-0.39, 0.29) is 6.10 Å². The summed E-state index contributed by atoms with van der Waals surface area (Å²) in [7, 11) is 0. The number of hydrogen-bond acceptors (Lipinski definition) is 2. The van der Waals surface area contributed by atoms with Crippen molar-refractivity contribution in [3.63, 3.8) is 0 Å². The third kappa shape index (κ3) is 4.24. The topological polar surface area (TPSA) is 29.5 Å². The lowest BCUT2D eigenvalue weighted by Crippen LogP contribution is -2.09. The van der Waals surface area contributed by atoms with E-state index < -0.39 is 0 Å². The van der Waals surface area contributed by atoms with Crippen molar-refractivity contribution < 1.29 is 9.84 Å². The van der Waals surface area contributed by atoms with Crippen LogP contribution in [0.2, 0.25) is 0 Å². The SMILES string of the molecule is CCOc1ccc(C)cc1C(O)CC1CCCCCC1. The van der Waals surface area contributed by atoms with Gasteiger partial charge in [-0.15, -0.1) is 0 Å². The Morgan fingerprint density at radius 3 is 2.55 bits per heavy atom. The van der Waals surface area contributed by atoms with Crippen LogP contribution in [-0.4, -0.2) is 11.7 Å². The van der Waals surface area contributed by atoms with Gasteiger partial charge in [0.2, 0.25) is 0 Å². The number of aliphatic hydroxyl groups is 1. The van der Waals surface area contributed by atoms with Gasteiger partial charge in [-0.05, 0) is 38.3 Å². The molecule has 1 atom stereocenters. The van der Waals surface area contributed by atoms with Gasteiger partial charge in [0.15, 0.2) is 0 Å². The molecule has 0 aliphatic heterocycles. The lowest BCUT2D eigenvalue weighted by atomic mass is 9.90. The van der Waals surface area contributed by atoms with Crippen LogP contribution < -0.4 is 4.74 Å². The van der Waals surface area contributed by atoms with Crippen LogP contribution >= 0.6 is 0 Å². The average Bonchev–Trinajstić information content (AvgIpc) is 2.69. The molecule has 20 heavy (non-hydrogen) atoms. The van der Waals surface area contributed by atoms with Gasteiger partial charge in [-0.1, -0.05) is 50.2 Å². The third-order valence-corrected chi connectivity index (χ3v) is 4.36. The Kier molecular flexibility index (Phi) is 5.90. The monoisotopic (exact) mass is 276 g/mol. The Hall–Kier alpha value is -1.02. The summed E-state index contributed by atoms with van der Waals surface area (Å²) in [4.78, 5) is 0. The maximum absolute atomic E-state index is 10.6. The van der Waals surface area contributed by atoms with E-state index in [0.29, 0.717) is 12.5 Å². The van der Waals surface area contributed by atoms with Gasteiger partial charge in [0, 0.05) is 5.56 Å². The summed E-state index contributed by atoms with van der Waals surface area (Å²) in [5, 5.41) is 10.6. The van der Waals surface area contributed by atoms with Crippen molar-refractivity contribution in [2.45, 2.75) is 64.9 Å². The van der Waals surface area contributed by atoms with Crippen molar-refractivity contribution in [2.24, 2.45) is 5.92 Å². The lowest BCUT2D eigenvalue weighted by Gasteiger charge is -2.21. The van der Waals surface area contributed by atoms with Gasteiger partial charge in [-0.2, -0.15) is 0 Å². The Labute approximate surface area is 123 Å². The summed E-state index contributed by atoms with van der Waals surface area (Å²) in [6.07, 6.45) is 8.40. The highest BCUT2D eigenvalue weighted by Gasteiger charge is 2.20. The molecule has 2 nitrogen and oxygen atoms in total. The summed E-state index contributed by atoms with van der Waals surface area (Å²) in [6.45, 7) is 4.70. The molecule has 112 valence electrons. The van der Waals surface area contributed by atoms with E-state index in [1.165, 1.54) is 44.1 Å². The number of benzene rings is 1. The molecule has 1 fully saturated rings. The van der Waals surface area contributed by atoms with Gasteiger partial charge in [-0.3, -0.25) is 0 Å². The van der Waals surface area contributed by atoms with Crippen LogP contribution in [-0.2, 0) is 0 Å². The fourth-order valence-electron chi connectivity index (χ4n) is 3.26. The molecule has 0 aromatic heterocycles. The zero-order chi connectivity index (χ0) is 14.4. The zero-order valence-electron chi connectivity index (χ0n) is 12.9. The van der Waals surface area contributed by atoms with Crippen molar-refractivity contribution in [3.05, 3.63) is 29.3 Å². The molecular weight excluding hydrogens is 248 g/mol. The van der Waals surface area contributed by atoms with Crippen molar-refractivity contribution in [1.29, 1.82) is 0 Å². The summed E-state index contributed by atoms with van der Waals surface area (Å²) >= 11 is 0. The maximum atomic E-state index is 10.6. The summed E-state index contributed by atoms with van der Waals surface area (Å²) in [5.41, 5.74) is 2.15. The first-order valence-corrected chi connectivity index (χ1v) is 8.12. The van der Waals surface area contributed by atoms with Gasteiger partial charge in [0.25, 0.3) is 0 Å². The molecule has 1 unspecified atom stereocenters. The number of aliphatic hydroxyl groups excluding tert-OH is 1. The second kappa shape index (κ2) is 7.68. The van der Waals surface area contributed by atoms with Crippen molar-refractivity contribution in [3.8, 4) is 5.75 Å². The fourth-order valence-corrected chi connectivity index (χ4v) is 3.26. The van der Waals surface area contributed by atoms with Gasteiger partial charge in [0.1, 0.15) is 5.75 Å². The highest BCUT2D eigenvalue weighted by atomic mass is 16.5. The van der Waals surface area contributed by atoms with E-state index in [1.807, 2.05) is 19.1 Å². The molecule has 0 saturated heterocycles. The molecule has 0 spiro atoms. The van der Waals surface area contributed by atoms with Gasteiger partial charge in [-0.25, -0.2) is 0 Å². The van der Waals surface area contributed by atoms with E-state index in [0.717, 1.165) is 17.7 Å². The second-order valence-electron chi connectivity index (χ2n) is 6.08. The molecule has 2 rings (SSSR count). The van der Waals surface area contributed by atoms with Crippen LogP contribution in [0.3, 0.4) is 0 Å². The normalized spacial score (nSPS) is 18.6. The quantitative estimate of drug-likeness (QED) is 0.784.